The summed E-state index contributed by atoms with van der Waals surface area (Å²) in [5, 5.41) is 21.7. The van der Waals surface area contributed by atoms with Gasteiger partial charge in [-0.25, -0.2) is 0 Å². The van der Waals surface area contributed by atoms with Gasteiger partial charge >= 0.3 is 0 Å². The number of allylic oxidation sites excluding steroid dienone is 1. The lowest BCUT2D eigenvalue weighted by atomic mass is 9.75. The first-order valence-electron chi connectivity index (χ1n) is 8.04. The molecule has 4 heteroatoms. The van der Waals surface area contributed by atoms with Crippen molar-refractivity contribution in [1.29, 1.82) is 5.26 Å². The highest BCUT2D eigenvalue weighted by Crippen LogP contribution is 2.35. The molecule has 0 aromatic heterocycles. The van der Waals surface area contributed by atoms with Gasteiger partial charge in [-0.3, -0.25) is 4.79 Å². The van der Waals surface area contributed by atoms with Crippen LogP contribution in [-0.4, -0.2) is 24.2 Å². The fourth-order valence-electron chi connectivity index (χ4n) is 2.59. The van der Waals surface area contributed by atoms with Crippen LogP contribution in [0.5, 0.6) is 0 Å². The molecule has 0 radical (unpaired) electrons. The van der Waals surface area contributed by atoms with Crippen LogP contribution in [0.3, 0.4) is 0 Å². The van der Waals surface area contributed by atoms with Crippen molar-refractivity contribution in [3.63, 3.8) is 0 Å². The van der Waals surface area contributed by atoms with E-state index in [0.29, 0.717) is 12.5 Å². The summed E-state index contributed by atoms with van der Waals surface area (Å²) < 4.78 is 0. The molecule has 4 nitrogen and oxygen atoms in total. The summed E-state index contributed by atoms with van der Waals surface area (Å²) in [5.41, 5.74) is 0.888. The van der Waals surface area contributed by atoms with E-state index in [1.807, 2.05) is 50.2 Å². The minimum atomic E-state index is -0.373. The molecule has 0 aliphatic heterocycles. The number of rotatable bonds is 7. The third kappa shape index (κ3) is 4.67. The second-order valence-corrected chi connectivity index (χ2v) is 6.85. The van der Waals surface area contributed by atoms with E-state index in [1.54, 1.807) is 6.08 Å². The number of carbonyl (C=O) groups is 1. The molecule has 1 aromatic rings. The van der Waals surface area contributed by atoms with Crippen molar-refractivity contribution in [3.05, 3.63) is 47.5 Å². The normalized spacial score (nSPS) is 16.5. The predicted molar refractivity (Wildman–Crippen MR) is 89.5 cm³/mol. The van der Waals surface area contributed by atoms with Crippen LogP contribution in [0.1, 0.15) is 38.2 Å². The molecule has 1 aromatic carbocycles. The molecule has 23 heavy (non-hydrogen) atoms. The zero-order chi connectivity index (χ0) is 16.9. The van der Waals surface area contributed by atoms with Crippen LogP contribution >= 0.6 is 0 Å². The fourth-order valence-corrected chi connectivity index (χ4v) is 2.59. The Bertz CT molecular complexity index is 610. The lowest BCUT2D eigenvalue weighted by molar-refractivity contribution is -0.117. The van der Waals surface area contributed by atoms with Crippen LogP contribution in [-0.2, 0) is 4.79 Å². The molecule has 0 heterocycles. The number of aliphatic hydroxyl groups is 1. The van der Waals surface area contributed by atoms with Crippen molar-refractivity contribution < 1.29 is 9.90 Å². The number of hydrogen-bond donors (Lipinski definition) is 2. The van der Waals surface area contributed by atoms with Crippen molar-refractivity contribution in [3.8, 4) is 6.07 Å². The number of carbonyl (C=O) groups excluding carboxylic acids is 1. The van der Waals surface area contributed by atoms with E-state index in [4.69, 9.17) is 5.26 Å². The molecule has 1 fully saturated rings. The van der Waals surface area contributed by atoms with E-state index in [-0.39, 0.29) is 29.4 Å². The Kier molecular flexibility index (Phi) is 5.57. The zero-order valence-electron chi connectivity index (χ0n) is 13.7. The summed E-state index contributed by atoms with van der Waals surface area (Å²) >= 11 is 0. The Hall–Kier alpha value is -2.12. The molecule has 1 aliphatic carbocycles. The first-order valence-corrected chi connectivity index (χ1v) is 8.04. The standard InChI is InChI=1S/C19H24N2O2/c1-19(2,13-22)17(15-6-4-3-5-7-15)12-21-18(23)16(11-20)10-14-8-9-14/h3-7,10,14,17,22H,8-9,12-13H2,1-2H3,(H,21,23)/b16-10-. The average Bonchev–Trinajstić information content (AvgIpc) is 3.37. The van der Waals surface area contributed by atoms with E-state index >= 15 is 0 Å². The van der Waals surface area contributed by atoms with E-state index in [1.165, 1.54) is 0 Å². The molecule has 0 bridgehead atoms. The molecule has 122 valence electrons. The summed E-state index contributed by atoms with van der Waals surface area (Å²) in [7, 11) is 0. The third-order valence-corrected chi connectivity index (χ3v) is 4.41. The number of nitrogens with zero attached hydrogens (tertiary/aromatic N) is 1. The van der Waals surface area contributed by atoms with Gasteiger partial charge in [0.15, 0.2) is 0 Å². The minimum absolute atomic E-state index is 0.0193. The van der Waals surface area contributed by atoms with E-state index < -0.39 is 0 Å². The van der Waals surface area contributed by atoms with Gasteiger partial charge in [-0.1, -0.05) is 50.3 Å². The van der Waals surface area contributed by atoms with Gasteiger partial charge in [-0.05, 0) is 29.7 Å². The zero-order valence-corrected chi connectivity index (χ0v) is 13.7. The third-order valence-electron chi connectivity index (χ3n) is 4.41. The first kappa shape index (κ1) is 17.2. The maximum Gasteiger partial charge on any atom is 0.261 e. The maximum atomic E-state index is 12.2. The molecule has 2 N–H and O–H groups in total. The van der Waals surface area contributed by atoms with Gasteiger partial charge in [0.2, 0.25) is 0 Å². The molecule has 0 saturated heterocycles. The van der Waals surface area contributed by atoms with Gasteiger partial charge < -0.3 is 10.4 Å². The minimum Gasteiger partial charge on any atom is -0.396 e. The summed E-state index contributed by atoms with van der Waals surface area (Å²) in [6.45, 7) is 4.36. The van der Waals surface area contributed by atoms with Crippen molar-refractivity contribution in [2.75, 3.05) is 13.2 Å². The number of aliphatic hydroxyl groups excluding tert-OH is 1. The Morgan fingerprint density at radius 3 is 2.61 bits per heavy atom. The lowest BCUT2D eigenvalue weighted by Gasteiger charge is -2.33. The Morgan fingerprint density at radius 2 is 2.09 bits per heavy atom. The van der Waals surface area contributed by atoms with Gasteiger partial charge in [0.1, 0.15) is 11.6 Å². The van der Waals surface area contributed by atoms with Gasteiger partial charge in [0.25, 0.3) is 5.91 Å². The molecule has 0 spiro atoms. The van der Waals surface area contributed by atoms with Crippen molar-refractivity contribution in [1.82, 2.24) is 5.32 Å². The largest absolute Gasteiger partial charge is 0.396 e. The monoisotopic (exact) mass is 312 g/mol. The quantitative estimate of drug-likeness (QED) is 0.600. The Morgan fingerprint density at radius 1 is 1.43 bits per heavy atom. The average molecular weight is 312 g/mol. The molecule has 1 saturated carbocycles. The molecular weight excluding hydrogens is 288 g/mol. The highest BCUT2D eigenvalue weighted by atomic mass is 16.3. The van der Waals surface area contributed by atoms with Gasteiger partial charge in [0.05, 0.1) is 0 Å². The summed E-state index contributed by atoms with van der Waals surface area (Å²) in [6, 6.07) is 11.8. The van der Waals surface area contributed by atoms with E-state index in [9.17, 15) is 9.90 Å². The molecule has 1 aliphatic rings. The molecular formula is C19H24N2O2. The first-order chi connectivity index (χ1) is 11.0. The van der Waals surface area contributed by atoms with Crippen molar-refractivity contribution >= 4 is 5.91 Å². The van der Waals surface area contributed by atoms with Crippen LogP contribution in [0.25, 0.3) is 0 Å². The molecule has 1 atom stereocenters. The number of hydrogen-bond acceptors (Lipinski definition) is 3. The predicted octanol–water partition coefficient (Wildman–Crippen LogP) is 2.76. The van der Waals surface area contributed by atoms with E-state index in [0.717, 1.165) is 18.4 Å². The van der Waals surface area contributed by atoms with Crippen LogP contribution in [0.4, 0.5) is 0 Å². The second kappa shape index (κ2) is 7.43. The summed E-state index contributed by atoms with van der Waals surface area (Å²) in [6.07, 6.45) is 3.88. The Balaban J connectivity index is 2.09. The fraction of sp³-hybridized carbons (Fsp3) is 0.474. The van der Waals surface area contributed by atoms with Crippen LogP contribution < -0.4 is 5.32 Å². The van der Waals surface area contributed by atoms with Gasteiger partial charge in [-0.15, -0.1) is 0 Å². The molecule has 1 unspecified atom stereocenters. The van der Waals surface area contributed by atoms with Crippen molar-refractivity contribution in [2.45, 2.75) is 32.6 Å². The highest BCUT2D eigenvalue weighted by molar-refractivity contribution is 5.97. The summed E-state index contributed by atoms with van der Waals surface area (Å²) in [5.74, 6) is 0.0294. The topological polar surface area (TPSA) is 73.1 Å². The number of nitriles is 1. The number of benzene rings is 1. The number of nitrogens with one attached hydrogen (secondary N) is 1. The van der Waals surface area contributed by atoms with Crippen LogP contribution in [0.15, 0.2) is 42.0 Å². The van der Waals surface area contributed by atoms with Crippen molar-refractivity contribution in [2.24, 2.45) is 11.3 Å². The summed E-state index contributed by atoms with van der Waals surface area (Å²) in [4.78, 5) is 12.2. The number of amides is 1. The SMILES string of the molecule is CC(C)(CO)C(CNC(=O)/C(C#N)=C\C1CC1)c1ccccc1. The molecule has 2 rings (SSSR count). The maximum absolute atomic E-state index is 12.2. The Labute approximate surface area is 137 Å². The van der Waals surface area contributed by atoms with Crippen LogP contribution in [0.2, 0.25) is 0 Å². The van der Waals surface area contributed by atoms with Gasteiger partial charge in [0, 0.05) is 19.1 Å². The highest BCUT2D eigenvalue weighted by Gasteiger charge is 2.31. The van der Waals surface area contributed by atoms with Gasteiger partial charge in [-0.2, -0.15) is 5.26 Å². The smallest absolute Gasteiger partial charge is 0.261 e. The molecule has 1 amide bonds. The lowest BCUT2D eigenvalue weighted by Crippen LogP contribution is -2.37. The van der Waals surface area contributed by atoms with E-state index in [2.05, 4.69) is 5.32 Å². The second-order valence-electron chi connectivity index (χ2n) is 6.85. The van der Waals surface area contributed by atoms with Crippen LogP contribution in [0, 0.1) is 22.7 Å².